The van der Waals surface area contributed by atoms with Gasteiger partial charge in [-0.15, -0.1) is 40.6 Å². The van der Waals surface area contributed by atoms with Crippen LogP contribution < -0.4 is 10.6 Å². The van der Waals surface area contributed by atoms with Crippen LogP contribution in [-0.4, -0.2) is 34.3 Å². The second-order valence-electron chi connectivity index (χ2n) is 4.48. The monoisotopic (exact) mass is 388 g/mol. The first-order valence-electron chi connectivity index (χ1n) is 6.64. The minimum Gasteiger partial charge on any atom is -0.349 e. The molecule has 1 aliphatic rings. The quantitative estimate of drug-likeness (QED) is 0.350. The third-order valence-electron chi connectivity index (χ3n) is 3.18. The average Bonchev–Trinajstić information content (AvgIpc) is 2.67. The number of guanidine groups is 1. The Labute approximate surface area is 136 Å². The third-order valence-corrected chi connectivity index (χ3v) is 3.18. The Hall–Kier alpha value is -1.30. The van der Waals surface area contributed by atoms with Crippen LogP contribution >= 0.6 is 24.0 Å². The zero-order valence-electron chi connectivity index (χ0n) is 11.7. The fourth-order valence-electron chi connectivity index (χ4n) is 2.19. The van der Waals surface area contributed by atoms with Gasteiger partial charge in [0.1, 0.15) is 5.82 Å². The maximum Gasteiger partial charge on any atom is 0.192 e. The molecule has 0 aromatic carbocycles. The van der Waals surface area contributed by atoms with E-state index in [1.165, 1.54) is 19.3 Å². The van der Waals surface area contributed by atoms with E-state index in [1.54, 1.807) is 7.05 Å². The summed E-state index contributed by atoms with van der Waals surface area (Å²) in [5, 5.41) is 14.7. The first-order valence-corrected chi connectivity index (χ1v) is 6.64. The Morgan fingerprint density at radius 3 is 2.95 bits per heavy atom. The minimum absolute atomic E-state index is 0. The fourth-order valence-corrected chi connectivity index (χ4v) is 2.19. The zero-order chi connectivity index (χ0) is 13.5. The van der Waals surface area contributed by atoms with Crippen molar-refractivity contribution in [2.45, 2.75) is 38.8 Å². The van der Waals surface area contributed by atoms with Crippen molar-refractivity contribution in [3.05, 3.63) is 11.6 Å². The normalized spacial score (nSPS) is 14.5. The second-order valence-corrected chi connectivity index (χ2v) is 4.48. The van der Waals surface area contributed by atoms with E-state index in [1.807, 2.05) is 0 Å². The molecule has 0 aliphatic carbocycles. The van der Waals surface area contributed by atoms with Gasteiger partial charge in [-0.25, -0.2) is 0 Å². The van der Waals surface area contributed by atoms with Gasteiger partial charge in [0.2, 0.25) is 0 Å². The first kappa shape index (κ1) is 16.8. The maximum absolute atomic E-state index is 5.21. The molecule has 0 saturated carbocycles. The number of aryl methyl sites for hydroxylation is 1. The lowest BCUT2D eigenvalue weighted by Crippen LogP contribution is -2.37. The van der Waals surface area contributed by atoms with Crippen LogP contribution in [0.25, 0.3) is 0 Å². The summed E-state index contributed by atoms with van der Waals surface area (Å²) in [6.45, 7) is 2.07. The lowest BCUT2D eigenvalue weighted by atomic mass is 10.2. The first-order chi connectivity index (χ1) is 9.35. The Balaban J connectivity index is 0.00000200. The molecular weight excluding hydrogens is 367 g/mol. The molecule has 0 saturated heterocycles. The topological polar surface area (TPSA) is 67.1 Å². The van der Waals surface area contributed by atoms with Crippen molar-refractivity contribution in [1.82, 2.24) is 25.4 Å². The minimum atomic E-state index is 0. The maximum atomic E-state index is 5.21. The van der Waals surface area contributed by atoms with Gasteiger partial charge in [-0.2, -0.15) is 0 Å². The van der Waals surface area contributed by atoms with Gasteiger partial charge in [0.05, 0.1) is 13.1 Å². The largest absolute Gasteiger partial charge is 0.349 e. The van der Waals surface area contributed by atoms with Crippen LogP contribution in [0.2, 0.25) is 0 Å². The molecule has 2 rings (SSSR count). The SMILES string of the molecule is C#CCNC(=NC)NCc1nnc2n1CCCCC2.I. The Kier molecular flexibility index (Phi) is 7.36. The Morgan fingerprint density at radius 1 is 1.35 bits per heavy atom. The molecule has 7 heteroatoms. The molecule has 6 nitrogen and oxygen atoms in total. The number of rotatable bonds is 3. The van der Waals surface area contributed by atoms with E-state index >= 15 is 0 Å². The molecule has 1 aliphatic heterocycles. The number of halogens is 1. The molecule has 1 aromatic rings. The van der Waals surface area contributed by atoms with Crippen molar-refractivity contribution in [3.8, 4) is 12.3 Å². The Morgan fingerprint density at radius 2 is 2.20 bits per heavy atom. The number of hydrogen-bond donors (Lipinski definition) is 2. The van der Waals surface area contributed by atoms with Gasteiger partial charge >= 0.3 is 0 Å². The molecule has 2 heterocycles. The van der Waals surface area contributed by atoms with E-state index in [4.69, 9.17) is 6.42 Å². The van der Waals surface area contributed by atoms with Crippen LogP contribution in [0.5, 0.6) is 0 Å². The average molecular weight is 388 g/mol. The van der Waals surface area contributed by atoms with Crippen molar-refractivity contribution < 1.29 is 0 Å². The molecule has 2 N–H and O–H groups in total. The van der Waals surface area contributed by atoms with E-state index < -0.39 is 0 Å². The lowest BCUT2D eigenvalue weighted by Gasteiger charge is -2.11. The number of hydrogen-bond acceptors (Lipinski definition) is 3. The van der Waals surface area contributed by atoms with E-state index in [-0.39, 0.29) is 24.0 Å². The van der Waals surface area contributed by atoms with Crippen molar-refractivity contribution in [2.24, 2.45) is 4.99 Å². The van der Waals surface area contributed by atoms with Gasteiger partial charge in [-0.3, -0.25) is 4.99 Å². The number of fused-ring (bicyclic) bond motifs is 1. The molecule has 0 bridgehead atoms. The number of aromatic nitrogens is 3. The van der Waals surface area contributed by atoms with E-state index in [2.05, 4.69) is 36.3 Å². The van der Waals surface area contributed by atoms with E-state index in [0.29, 0.717) is 19.0 Å². The van der Waals surface area contributed by atoms with E-state index in [9.17, 15) is 0 Å². The highest BCUT2D eigenvalue weighted by molar-refractivity contribution is 14.0. The smallest absolute Gasteiger partial charge is 0.192 e. The van der Waals surface area contributed by atoms with Gasteiger partial charge in [-0.05, 0) is 12.8 Å². The zero-order valence-corrected chi connectivity index (χ0v) is 14.1. The Bertz CT molecular complexity index is 488. The summed E-state index contributed by atoms with van der Waals surface area (Å²) < 4.78 is 2.22. The van der Waals surface area contributed by atoms with Crippen LogP contribution in [0.1, 0.15) is 30.9 Å². The number of nitrogens with one attached hydrogen (secondary N) is 2. The number of terminal acetylenes is 1. The molecule has 0 atom stereocenters. The summed E-state index contributed by atoms with van der Waals surface area (Å²) >= 11 is 0. The highest BCUT2D eigenvalue weighted by Gasteiger charge is 2.14. The third kappa shape index (κ3) is 4.37. The molecular formula is C13H21IN6. The summed E-state index contributed by atoms with van der Waals surface area (Å²) in [4.78, 5) is 4.10. The summed E-state index contributed by atoms with van der Waals surface area (Å²) in [5.41, 5.74) is 0. The van der Waals surface area contributed by atoms with Gasteiger partial charge < -0.3 is 15.2 Å². The van der Waals surface area contributed by atoms with Crippen molar-refractivity contribution >= 4 is 29.9 Å². The highest BCUT2D eigenvalue weighted by atomic mass is 127. The highest BCUT2D eigenvalue weighted by Crippen LogP contribution is 2.14. The second kappa shape index (κ2) is 8.79. The standard InChI is InChI=1S/C13H20N6.HI/c1-3-8-15-13(14-2)16-10-12-18-17-11-7-5-4-6-9-19(11)12;/h1H,4-10H2,2H3,(H2,14,15,16);1H. The van der Waals surface area contributed by atoms with Crippen molar-refractivity contribution in [1.29, 1.82) is 0 Å². The fraction of sp³-hybridized carbons (Fsp3) is 0.615. The van der Waals surface area contributed by atoms with Crippen molar-refractivity contribution in [3.63, 3.8) is 0 Å². The summed E-state index contributed by atoms with van der Waals surface area (Å²) in [6.07, 6.45) is 9.90. The molecule has 0 radical (unpaired) electrons. The lowest BCUT2D eigenvalue weighted by molar-refractivity contribution is 0.597. The van der Waals surface area contributed by atoms with E-state index in [0.717, 1.165) is 24.6 Å². The summed E-state index contributed by atoms with van der Waals surface area (Å²) in [7, 11) is 1.72. The van der Waals surface area contributed by atoms with Gasteiger partial charge in [-0.1, -0.05) is 12.3 Å². The van der Waals surface area contributed by atoms with Crippen LogP contribution in [0.4, 0.5) is 0 Å². The molecule has 0 unspecified atom stereocenters. The number of aliphatic imine (C=N–C) groups is 1. The molecule has 20 heavy (non-hydrogen) atoms. The van der Waals surface area contributed by atoms with Gasteiger partial charge in [0, 0.05) is 20.0 Å². The molecule has 1 aromatic heterocycles. The molecule has 110 valence electrons. The number of nitrogens with zero attached hydrogens (tertiary/aromatic N) is 4. The predicted octanol–water partition coefficient (Wildman–Crippen LogP) is 0.921. The van der Waals surface area contributed by atoms with Crippen LogP contribution in [-0.2, 0) is 19.5 Å². The summed E-state index contributed by atoms with van der Waals surface area (Å²) in [5.74, 6) is 5.26. The van der Waals surface area contributed by atoms with Gasteiger partial charge in [0.25, 0.3) is 0 Å². The van der Waals surface area contributed by atoms with Crippen LogP contribution in [0, 0.1) is 12.3 Å². The van der Waals surface area contributed by atoms with Gasteiger partial charge in [0.15, 0.2) is 11.8 Å². The van der Waals surface area contributed by atoms with Crippen molar-refractivity contribution in [2.75, 3.05) is 13.6 Å². The van der Waals surface area contributed by atoms with Crippen LogP contribution in [0.3, 0.4) is 0 Å². The molecule has 0 fully saturated rings. The predicted molar refractivity (Wildman–Crippen MR) is 90.0 cm³/mol. The van der Waals surface area contributed by atoms with Crippen LogP contribution in [0.15, 0.2) is 4.99 Å². The molecule has 0 spiro atoms. The summed E-state index contributed by atoms with van der Waals surface area (Å²) in [6, 6.07) is 0. The molecule has 0 amide bonds.